The second-order valence-electron chi connectivity index (χ2n) is 9.40. The summed E-state index contributed by atoms with van der Waals surface area (Å²) in [6.45, 7) is 0.691. The number of rotatable bonds is 29. The van der Waals surface area contributed by atoms with Crippen molar-refractivity contribution in [2.75, 3.05) is 39.6 Å². The molecule has 216 valence electrons. The van der Waals surface area contributed by atoms with Gasteiger partial charge in [-0.2, -0.15) is 0 Å². The SMILES string of the molecule is CCCCCCCCCCCCCCCCOCC(COP(O)(=S)OCCN)OCCCCC(=O)O. The lowest BCUT2D eigenvalue weighted by atomic mass is 10.0. The molecule has 0 aliphatic rings. The molecule has 0 aliphatic carbocycles. The summed E-state index contributed by atoms with van der Waals surface area (Å²) >= 11 is 4.97. The molecule has 0 heterocycles. The van der Waals surface area contributed by atoms with Gasteiger partial charge in [-0.05, 0) is 31.1 Å². The summed E-state index contributed by atoms with van der Waals surface area (Å²) in [5, 5.41) is 8.74. The molecular weight excluding hydrogens is 501 g/mol. The Bertz CT molecular complexity index is 542. The van der Waals surface area contributed by atoms with Gasteiger partial charge < -0.3 is 34.3 Å². The Balaban J connectivity index is 3.85. The van der Waals surface area contributed by atoms with Gasteiger partial charge in [-0.3, -0.25) is 4.79 Å². The van der Waals surface area contributed by atoms with Crippen LogP contribution in [0.1, 0.15) is 116 Å². The number of carbonyl (C=O) groups is 1. The highest BCUT2D eigenvalue weighted by atomic mass is 32.5. The van der Waals surface area contributed by atoms with E-state index in [2.05, 4.69) is 6.92 Å². The van der Waals surface area contributed by atoms with Crippen molar-refractivity contribution in [3.8, 4) is 0 Å². The first-order valence-corrected chi connectivity index (χ1v) is 16.7. The van der Waals surface area contributed by atoms with E-state index < -0.39 is 18.8 Å². The quantitative estimate of drug-likeness (QED) is 0.0718. The van der Waals surface area contributed by atoms with Crippen molar-refractivity contribution in [3.63, 3.8) is 0 Å². The lowest BCUT2D eigenvalue weighted by Gasteiger charge is -2.21. The van der Waals surface area contributed by atoms with E-state index in [1.807, 2.05) is 0 Å². The molecular formula is C26H54NO7PS. The number of carboxylic acid groups (broad SMARTS) is 1. The number of hydrogen-bond donors (Lipinski definition) is 3. The van der Waals surface area contributed by atoms with Crippen LogP contribution < -0.4 is 5.73 Å². The minimum atomic E-state index is -3.36. The topological polar surface area (TPSA) is 120 Å². The molecule has 0 saturated heterocycles. The summed E-state index contributed by atoms with van der Waals surface area (Å²) in [5.74, 6) is -0.815. The molecule has 0 aliphatic heterocycles. The highest BCUT2D eigenvalue weighted by Gasteiger charge is 2.19. The Labute approximate surface area is 225 Å². The van der Waals surface area contributed by atoms with Crippen molar-refractivity contribution >= 4 is 24.5 Å². The normalized spacial score (nSPS) is 14.1. The fraction of sp³-hybridized carbons (Fsp3) is 0.962. The first-order chi connectivity index (χ1) is 17.4. The summed E-state index contributed by atoms with van der Waals surface area (Å²) < 4.78 is 22.0. The van der Waals surface area contributed by atoms with Gasteiger partial charge in [0.05, 0.1) is 19.8 Å². The van der Waals surface area contributed by atoms with Crippen molar-refractivity contribution in [2.24, 2.45) is 5.73 Å². The van der Waals surface area contributed by atoms with Crippen LogP contribution in [0.2, 0.25) is 0 Å². The highest BCUT2D eigenvalue weighted by molar-refractivity contribution is 8.07. The first-order valence-electron chi connectivity index (χ1n) is 14.1. The summed E-state index contributed by atoms with van der Waals surface area (Å²) in [6.07, 6.45) is 19.3. The Hall–Kier alpha value is -0.120. The summed E-state index contributed by atoms with van der Waals surface area (Å²) in [5.41, 5.74) is 5.37. The van der Waals surface area contributed by atoms with Crippen molar-refractivity contribution in [3.05, 3.63) is 0 Å². The average Bonchev–Trinajstić information content (AvgIpc) is 2.84. The van der Waals surface area contributed by atoms with Crippen molar-refractivity contribution in [1.29, 1.82) is 0 Å². The molecule has 36 heavy (non-hydrogen) atoms. The van der Waals surface area contributed by atoms with E-state index in [0.29, 0.717) is 32.7 Å². The number of ether oxygens (including phenoxy) is 2. The fourth-order valence-corrected chi connectivity index (χ4v) is 4.94. The van der Waals surface area contributed by atoms with Crippen LogP contribution >= 0.6 is 6.72 Å². The Morgan fingerprint density at radius 3 is 1.83 bits per heavy atom. The van der Waals surface area contributed by atoms with Gasteiger partial charge in [-0.15, -0.1) is 0 Å². The van der Waals surface area contributed by atoms with E-state index in [0.717, 1.165) is 12.8 Å². The summed E-state index contributed by atoms with van der Waals surface area (Å²) in [6, 6.07) is 0. The van der Waals surface area contributed by atoms with Crippen LogP contribution in [0.25, 0.3) is 0 Å². The molecule has 10 heteroatoms. The molecule has 2 atom stereocenters. The van der Waals surface area contributed by atoms with Gasteiger partial charge in [-0.25, -0.2) is 0 Å². The smallest absolute Gasteiger partial charge is 0.324 e. The first kappa shape index (κ1) is 35.9. The van der Waals surface area contributed by atoms with E-state index in [-0.39, 0.29) is 26.2 Å². The Kier molecular flexibility index (Phi) is 26.4. The van der Waals surface area contributed by atoms with Crippen LogP contribution in [-0.2, 0) is 35.1 Å². The monoisotopic (exact) mass is 555 g/mol. The van der Waals surface area contributed by atoms with Crippen molar-refractivity contribution in [2.45, 2.75) is 122 Å². The highest BCUT2D eigenvalue weighted by Crippen LogP contribution is 2.43. The average molecular weight is 556 g/mol. The van der Waals surface area contributed by atoms with Gasteiger partial charge in [0.15, 0.2) is 0 Å². The Morgan fingerprint density at radius 2 is 1.31 bits per heavy atom. The van der Waals surface area contributed by atoms with E-state index in [4.69, 9.17) is 41.2 Å². The fourth-order valence-electron chi connectivity index (χ4n) is 3.77. The maximum atomic E-state index is 10.6. The minimum Gasteiger partial charge on any atom is -0.481 e. The van der Waals surface area contributed by atoms with Crippen LogP contribution in [0, 0.1) is 0 Å². The lowest BCUT2D eigenvalue weighted by Crippen LogP contribution is -2.26. The molecule has 0 fully saturated rings. The second kappa shape index (κ2) is 26.5. The Morgan fingerprint density at radius 1 is 0.778 bits per heavy atom. The van der Waals surface area contributed by atoms with Crippen LogP contribution in [0.5, 0.6) is 0 Å². The van der Waals surface area contributed by atoms with Crippen molar-refractivity contribution in [1.82, 2.24) is 0 Å². The minimum absolute atomic E-state index is 0.0516. The molecule has 0 aromatic carbocycles. The van der Waals surface area contributed by atoms with Gasteiger partial charge in [0.2, 0.25) is 0 Å². The molecule has 0 bridgehead atoms. The predicted molar refractivity (Wildman–Crippen MR) is 150 cm³/mol. The maximum Gasteiger partial charge on any atom is 0.324 e. The van der Waals surface area contributed by atoms with Crippen LogP contribution in [0.15, 0.2) is 0 Å². The molecule has 0 rings (SSSR count). The predicted octanol–water partition coefficient (Wildman–Crippen LogP) is 6.33. The number of aliphatic carboxylic acids is 1. The number of carboxylic acids is 1. The third-order valence-electron chi connectivity index (χ3n) is 5.88. The summed E-state index contributed by atoms with van der Waals surface area (Å²) in [4.78, 5) is 20.7. The molecule has 4 N–H and O–H groups in total. The maximum absolute atomic E-state index is 10.6. The van der Waals surface area contributed by atoms with Gasteiger partial charge in [0.25, 0.3) is 0 Å². The summed E-state index contributed by atoms with van der Waals surface area (Å²) in [7, 11) is 0. The van der Waals surface area contributed by atoms with Crippen LogP contribution in [-0.4, -0.2) is 61.7 Å². The van der Waals surface area contributed by atoms with Crippen molar-refractivity contribution < 1.29 is 33.3 Å². The molecule has 0 aromatic rings. The molecule has 0 spiro atoms. The molecule has 2 unspecified atom stereocenters. The number of hydrogen-bond acceptors (Lipinski definition) is 7. The van der Waals surface area contributed by atoms with E-state index in [1.54, 1.807) is 0 Å². The van der Waals surface area contributed by atoms with E-state index >= 15 is 0 Å². The largest absolute Gasteiger partial charge is 0.481 e. The zero-order valence-electron chi connectivity index (χ0n) is 22.7. The van der Waals surface area contributed by atoms with Gasteiger partial charge in [-0.1, -0.05) is 90.4 Å². The zero-order chi connectivity index (χ0) is 26.7. The number of unbranched alkanes of at least 4 members (excludes halogenated alkanes) is 14. The molecule has 0 radical (unpaired) electrons. The van der Waals surface area contributed by atoms with E-state index in [9.17, 15) is 9.69 Å². The molecule has 8 nitrogen and oxygen atoms in total. The van der Waals surface area contributed by atoms with Gasteiger partial charge in [0, 0.05) is 26.2 Å². The second-order valence-corrected chi connectivity index (χ2v) is 12.2. The molecule has 0 saturated carbocycles. The lowest BCUT2D eigenvalue weighted by molar-refractivity contribution is -0.137. The third-order valence-corrected chi connectivity index (χ3v) is 7.50. The third kappa shape index (κ3) is 26.9. The number of nitrogens with two attached hydrogens (primary N) is 1. The zero-order valence-corrected chi connectivity index (χ0v) is 24.4. The standard InChI is InChI=1S/C26H54NO7PS/c1-2-3-4-5-6-7-8-9-10-11-12-13-14-16-20-31-23-25(32-21-17-15-18-26(28)29)24-34-35(30,36)33-22-19-27/h25H,2-24,27H2,1H3,(H,28,29)(H,30,36). The molecule has 0 amide bonds. The van der Waals surface area contributed by atoms with Gasteiger partial charge >= 0.3 is 12.7 Å². The molecule has 0 aromatic heterocycles. The van der Waals surface area contributed by atoms with Crippen LogP contribution in [0.3, 0.4) is 0 Å². The van der Waals surface area contributed by atoms with Crippen LogP contribution in [0.4, 0.5) is 0 Å². The van der Waals surface area contributed by atoms with E-state index in [1.165, 1.54) is 77.0 Å². The van der Waals surface area contributed by atoms with Gasteiger partial charge in [0.1, 0.15) is 6.10 Å².